The number of amides is 1. The number of carbonyl (C=O) groups is 1. The van der Waals surface area contributed by atoms with Crippen LogP contribution >= 0.6 is 0 Å². The molecule has 2 aliphatic rings. The summed E-state index contributed by atoms with van der Waals surface area (Å²) >= 11 is 0. The maximum absolute atomic E-state index is 12.1. The Kier molecular flexibility index (Phi) is 6.11. The van der Waals surface area contributed by atoms with E-state index in [1.54, 1.807) is 0 Å². The molecule has 110 valence electrons. The summed E-state index contributed by atoms with van der Waals surface area (Å²) in [6, 6.07) is 0. The first kappa shape index (κ1) is 14.8. The molecule has 2 aliphatic heterocycles. The molecule has 4 nitrogen and oxygen atoms in total. The Morgan fingerprint density at radius 1 is 1.26 bits per heavy atom. The zero-order chi connectivity index (χ0) is 13.5. The third-order valence-electron chi connectivity index (χ3n) is 4.47. The molecule has 4 heteroatoms. The SMILES string of the molecule is CNCCC1CCN(C(=O)CCC2CCCO2)CC1. The van der Waals surface area contributed by atoms with Crippen LogP contribution in [0.2, 0.25) is 0 Å². The van der Waals surface area contributed by atoms with E-state index in [0.29, 0.717) is 18.4 Å². The lowest BCUT2D eigenvalue weighted by molar-refractivity contribution is -0.133. The van der Waals surface area contributed by atoms with Gasteiger partial charge in [0.05, 0.1) is 6.10 Å². The van der Waals surface area contributed by atoms with Crippen LogP contribution in [0, 0.1) is 5.92 Å². The molecule has 0 aromatic heterocycles. The van der Waals surface area contributed by atoms with Gasteiger partial charge in [0.2, 0.25) is 5.91 Å². The number of hydrogen-bond donors (Lipinski definition) is 1. The van der Waals surface area contributed by atoms with Gasteiger partial charge in [0.1, 0.15) is 0 Å². The predicted octanol–water partition coefficient (Wildman–Crippen LogP) is 1.79. The molecule has 0 radical (unpaired) electrons. The monoisotopic (exact) mass is 268 g/mol. The highest BCUT2D eigenvalue weighted by atomic mass is 16.5. The van der Waals surface area contributed by atoms with Crippen LogP contribution in [0.5, 0.6) is 0 Å². The van der Waals surface area contributed by atoms with Crippen LogP contribution in [-0.4, -0.2) is 50.2 Å². The fourth-order valence-corrected chi connectivity index (χ4v) is 3.13. The fourth-order valence-electron chi connectivity index (χ4n) is 3.13. The zero-order valence-electron chi connectivity index (χ0n) is 12.2. The Bertz CT molecular complexity index is 269. The van der Waals surface area contributed by atoms with Crippen molar-refractivity contribution in [2.24, 2.45) is 5.92 Å². The Morgan fingerprint density at radius 3 is 2.68 bits per heavy atom. The van der Waals surface area contributed by atoms with E-state index < -0.39 is 0 Å². The molecule has 1 N–H and O–H groups in total. The lowest BCUT2D eigenvalue weighted by Gasteiger charge is -2.32. The number of carbonyl (C=O) groups excluding carboxylic acids is 1. The van der Waals surface area contributed by atoms with Gasteiger partial charge in [0.25, 0.3) is 0 Å². The van der Waals surface area contributed by atoms with Crippen LogP contribution in [-0.2, 0) is 9.53 Å². The third kappa shape index (κ3) is 4.77. The minimum atomic E-state index is 0.336. The average molecular weight is 268 g/mol. The summed E-state index contributed by atoms with van der Waals surface area (Å²) in [5.41, 5.74) is 0. The van der Waals surface area contributed by atoms with Crippen LogP contribution in [0.4, 0.5) is 0 Å². The number of rotatable bonds is 6. The smallest absolute Gasteiger partial charge is 0.222 e. The van der Waals surface area contributed by atoms with Gasteiger partial charge in [-0.1, -0.05) is 0 Å². The van der Waals surface area contributed by atoms with Crippen molar-refractivity contribution in [2.75, 3.05) is 33.3 Å². The summed E-state index contributed by atoms with van der Waals surface area (Å²) in [6.45, 7) is 3.89. The molecule has 2 fully saturated rings. The van der Waals surface area contributed by atoms with E-state index in [2.05, 4.69) is 10.2 Å². The van der Waals surface area contributed by atoms with Gasteiger partial charge < -0.3 is 15.0 Å². The second-order valence-electron chi connectivity index (χ2n) is 5.89. The van der Waals surface area contributed by atoms with Crippen LogP contribution in [0.15, 0.2) is 0 Å². The largest absolute Gasteiger partial charge is 0.378 e. The molecule has 0 aliphatic carbocycles. The second kappa shape index (κ2) is 7.85. The third-order valence-corrected chi connectivity index (χ3v) is 4.47. The van der Waals surface area contributed by atoms with Crippen molar-refractivity contribution in [3.8, 4) is 0 Å². The Morgan fingerprint density at radius 2 is 2.05 bits per heavy atom. The molecule has 0 aromatic rings. The van der Waals surface area contributed by atoms with Gasteiger partial charge >= 0.3 is 0 Å². The van der Waals surface area contributed by atoms with E-state index in [1.807, 2.05) is 7.05 Å². The van der Waals surface area contributed by atoms with E-state index in [1.165, 1.54) is 19.3 Å². The van der Waals surface area contributed by atoms with Gasteiger partial charge in [0.15, 0.2) is 0 Å². The van der Waals surface area contributed by atoms with Gasteiger partial charge in [-0.15, -0.1) is 0 Å². The van der Waals surface area contributed by atoms with Gasteiger partial charge in [-0.05, 0) is 58.0 Å². The topological polar surface area (TPSA) is 41.6 Å². The van der Waals surface area contributed by atoms with Crippen molar-refractivity contribution in [1.82, 2.24) is 10.2 Å². The number of ether oxygens (including phenoxy) is 1. The lowest BCUT2D eigenvalue weighted by Crippen LogP contribution is -2.39. The molecule has 2 heterocycles. The van der Waals surface area contributed by atoms with Gasteiger partial charge in [0, 0.05) is 26.1 Å². The number of piperidine rings is 1. The summed E-state index contributed by atoms with van der Waals surface area (Å²) in [6.07, 6.45) is 7.83. The normalized spacial score (nSPS) is 24.9. The number of likely N-dealkylation sites (tertiary alicyclic amines) is 1. The molecule has 1 amide bonds. The van der Waals surface area contributed by atoms with E-state index in [9.17, 15) is 4.79 Å². The number of nitrogens with zero attached hydrogens (tertiary/aromatic N) is 1. The highest BCUT2D eigenvalue weighted by molar-refractivity contribution is 5.76. The van der Waals surface area contributed by atoms with E-state index >= 15 is 0 Å². The minimum Gasteiger partial charge on any atom is -0.378 e. The zero-order valence-corrected chi connectivity index (χ0v) is 12.2. The van der Waals surface area contributed by atoms with Crippen molar-refractivity contribution in [3.05, 3.63) is 0 Å². The minimum absolute atomic E-state index is 0.336. The van der Waals surface area contributed by atoms with Crippen molar-refractivity contribution in [1.29, 1.82) is 0 Å². The maximum Gasteiger partial charge on any atom is 0.222 e. The molecule has 2 saturated heterocycles. The highest BCUT2D eigenvalue weighted by Gasteiger charge is 2.23. The Labute approximate surface area is 116 Å². The molecule has 0 bridgehead atoms. The summed E-state index contributed by atoms with van der Waals surface area (Å²) in [4.78, 5) is 14.2. The highest BCUT2D eigenvalue weighted by Crippen LogP contribution is 2.22. The summed E-state index contributed by atoms with van der Waals surface area (Å²) in [5, 5.41) is 3.21. The number of nitrogens with one attached hydrogen (secondary N) is 1. The molecule has 0 saturated carbocycles. The first-order valence-electron chi connectivity index (χ1n) is 7.83. The first-order chi connectivity index (χ1) is 9.29. The van der Waals surface area contributed by atoms with Gasteiger partial charge in [-0.3, -0.25) is 4.79 Å². The quantitative estimate of drug-likeness (QED) is 0.798. The van der Waals surface area contributed by atoms with Crippen molar-refractivity contribution >= 4 is 5.91 Å². The lowest BCUT2D eigenvalue weighted by atomic mass is 9.93. The fraction of sp³-hybridized carbons (Fsp3) is 0.933. The molecule has 19 heavy (non-hydrogen) atoms. The average Bonchev–Trinajstić information content (AvgIpc) is 2.96. The molecule has 0 aromatic carbocycles. The van der Waals surface area contributed by atoms with Crippen molar-refractivity contribution < 1.29 is 9.53 Å². The predicted molar refractivity (Wildman–Crippen MR) is 76.1 cm³/mol. The Balaban J connectivity index is 1.61. The Hall–Kier alpha value is -0.610. The maximum atomic E-state index is 12.1. The van der Waals surface area contributed by atoms with Crippen molar-refractivity contribution in [2.45, 2.75) is 51.0 Å². The summed E-state index contributed by atoms with van der Waals surface area (Å²) < 4.78 is 5.57. The first-order valence-corrected chi connectivity index (χ1v) is 7.83. The van der Waals surface area contributed by atoms with Gasteiger partial charge in [-0.2, -0.15) is 0 Å². The number of hydrogen-bond acceptors (Lipinski definition) is 3. The van der Waals surface area contributed by atoms with Crippen LogP contribution in [0.3, 0.4) is 0 Å². The molecule has 0 spiro atoms. The molecule has 1 unspecified atom stereocenters. The van der Waals surface area contributed by atoms with Crippen LogP contribution in [0.1, 0.15) is 44.9 Å². The molecular formula is C15H28N2O2. The van der Waals surface area contributed by atoms with E-state index in [0.717, 1.165) is 51.4 Å². The van der Waals surface area contributed by atoms with E-state index in [-0.39, 0.29) is 0 Å². The molecule has 1 atom stereocenters. The van der Waals surface area contributed by atoms with Crippen molar-refractivity contribution in [3.63, 3.8) is 0 Å². The molecular weight excluding hydrogens is 240 g/mol. The molecule has 2 rings (SSSR count). The summed E-state index contributed by atoms with van der Waals surface area (Å²) in [5.74, 6) is 1.14. The standard InChI is InChI=1S/C15H28N2O2/c1-16-9-6-13-7-10-17(11-8-13)15(18)5-4-14-3-2-12-19-14/h13-14,16H,2-12H2,1H3. The van der Waals surface area contributed by atoms with Crippen LogP contribution in [0.25, 0.3) is 0 Å². The second-order valence-corrected chi connectivity index (χ2v) is 5.89. The van der Waals surface area contributed by atoms with E-state index in [4.69, 9.17) is 4.74 Å². The summed E-state index contributed by atoms with van der Waals surface area (Å²) in [7, 11) is 2.00. The van der Waals surface area contributed by atoms with Crippen LogP contribution < -0.4 is 5.32 Å². The van der Waals surface area contributed by atoms with Gasteiger partial charge in [-0.25, -0.2) is 0 Å².